The molecule has 0 radical (unpaired) electrons. The summed E-state index contributed by atoms with van der Waals surface area (Å²) in [5.74, 6) is -2.99. The Kier molecular flexibility index (Phi) is 10.4. The molecule has 9 heteroatoms. The van der Waals surface area contributed by atoms with Crippen LogP contribution >= 0.6 is 0 Å². The van der Waals surface area contributed by atoms with Crippen molar-refractivity contribution in [3.8, 4) is 11.5 Å². The van der Waals surface area contributed by atoms with E-state index in [4.69, 9.17) is 24.7 Å². The minimum atomic E-state index is -1.57. The first-order valence-electron chi connectivity index (χ1n) is 12.1. The Morgan fingerprint density at radius 2 is 1.41 bits per heavy atom. The minimum Gasteiger partial charge on any atom is -0.468 e. The summed E-state index contributed by atoms with van der Waals surface area (Å²) in [6.45, 7) is 8.34. The Bertz CT molecular complexity index is 1110. The van der Waals surface area contributed by atoms with Crippen molar-refractivity contribution < 1.29 is 38.1 Å². The third kappa shape index (κ3) is 8.42. The standard InChI is InChI=1S/C28H35NO8/c1-17(2)24(30)36-22-13-12-20(14-23(22)37-25(31)18(3)4)16-28(29,27(33)34-6)15-19(5)35-26(32)21-10-8-7-9-11-21/h7-14,17-19H,15-16,29H2,1-6H3/t19?,28-/m1/s1. The van der Waals surface area contributed by atoms with Crippen LogP contribution in [-0.4, -0.2) is 42.6 Å². The molecule has 0 bridgehead atoms. The second kappa shape index (κ2) is 13.0. The van der Waals surface area contributed by atoms with Gasteiger partial charge in [-0.2, -0.15) is 0 Å². The molecule has 2 aromatic carbocycles. The van der Waals surface area contributed by atoms with Crippen LogP contribution in [0, 0.1) is 11.8 Å². The number of carbonyl (C=O) groups is 4. The van der Waals surface area contributed by atoms with Gasteiger partial charge in [0.25, 0.3) is 0 Å². The topological polar surface area (TPSA) is 131 Å². The van der Waals surface area contributed by atoms with Gasteiger partial charge in [-0.1, -0.05) is 52.0 Å². The lowest BCUT2D eigenvalue weighted by atomic mass is 9.86. The largest absolute Gasteiger partial charge is 0.468 e. The van der Waals surface area contributed by atoms with Gasteiger partial charge < -0.3 is 24.7 Å². The van der Waals surface area contributed by atoms with E-state index in [1.54, 1.807) is 71.0 Å². The summed E-state index contributed by atoms with van der Waals surface area (Å²) in [5.41, 5.74) is 5.82. The third-order valence-corrected chi connectivity index (χ3v) is 5.45. The van der Waals surface area contributed by atoms with Crippen LogP contribution < -0.4 is 15.2 Å². The number of nitrogens with two attached hydrogens (primary N) is 1. The second-order valence-electron chi connectivity index (χ2n) is 9.54. The van der Waals surface area contributed by atoms with Crippen LogP contribution in [0.1, 0.15) is 57.0 Å². The summed E-state index contributed by atoms with van der Waals surface area (Å²) in [6, 6.07) is 13.1. The maximum absolute atomic E-state index is 12.7. The monoisotopic (exact) mass is 513 g/mol. The van der Waals surface area contributed by atoms with E-state index in [9.17, 15) is 19.2 Å². The van der Waals surface area contributed by atoms with E-state index in [2.05, 4.69) is 0 Å². The lowest BCUT2D eigenvalue weighted by Crippen LogP contribution is -2.53. The average Bonchev–Trinajstić information content (AvgIpc) is 2.85. The molecule has 0 heterocycles. The molecule has 2 N–H and O–H groups in total. The lowest BCUT2D eigenvalue weighted by molar-refractivity contribution is -0.148. The Morgan fingerprint density at radius 1 is 0.838 bits per heavy atom. The van der Waals surface area contributed by atoms with Crippen molar-refractivity contribution in [1.29, 1.82) is 0 Å². The maximum atomic E-state index is 12.7. The van der Waals surface area contributed by atoms with Gasteiger partial charge in [0.1, 0.15) is 11.6 Å². The van der Waals surface area contributed by atoms with Gasteiger partial charge >= 0.3 is 23.9 Å². The number of carbonyl (C=O) groups excluding carboxylic acids is 4. The summed E-state index contributed by atoms with van der Waals surface area (Å²) >= 11 is 0. The smallest absolute Gasteiger partial charge is 0.338 e. The van der Waals surface area contributed by atoms with Gasteiger partial charge in [-0.3, -0.25) is 14.4 Å². The molecule has 0 spiro atoms. The molecule has 0 saturated carbocycles. The van der Waals surface area contributed by atoms with Crippen LogP contribution in [0.2, 0.25) is 0 Å². The van der Waals surface area contributed by atoms with Crippen LogP contribution in [0.25, 0.3) is 0 Å². The van der Waals surface area contributed by atoms with E-state index in [1.807, 2.05) is 0 Å². The zero-order valence-electron chi connectivity index (χ0n) is 22.1. The summed E-state index contributed by atoms with van der Waals surface area (Å²) in [7, 11) is 1.22. The maximum Gasteiger partial charge on any atom is 0.338 e. The van der Waals surface area contributed by atoms with Crippen molar-refractivity contribution in [3.05, 3.63) is 59.7 Å². The fourth-order valence-corrected chi connectivity index (χ4v) is 3.45. The number of methoxy groups -OCH3 is 1. The van der Waals surface area contributed by atoms with Crippen molar-refractivity contribution in [1.82, 2.24) is 0 Å². The van der Waals surface area contributed by atoms with Gasteiger partial charge in [0.2, 0.25) is 0 Å². The summed E-state index contributed by atoms with van der Waals surface area (Å²) in [5, 5.41) is 0. The van der Waals surface area contributed by atoms with Gasteiger partial charge in [-0.15, -0.1) is 0 Å². The van der Waals surface area contributed by atoms with Crippen LogP contribution in [0.4, 0.5) is 0 Å². The minimum absolute atomic E-state index is 0.0287. The number of ether oxygens (including phenoxy) is 4. The first-order valence-corrected chi connectivity index (χ1v) is 12.1. The van der Waals surface area contributed by atoms with E-state index >= 15 is 0 Å². The number of hydrogen-bond donors (Lipinski definition) is 1. The molecule has 2 rings (SSSR count). The van der Waals surface area contributed by atoms with Gasteiger partial charge in [0.15, 0.2) is 11.5 Å². The SMILES string of the molecule is COC(=O)[C@](N)(Cc1ccc(OC(=O)C(C)C)c(OC(=O)C(C)C)c1)CC(C)OC(=O)c1ccccc1. The van der Waals surface area contributed by atoms with E-state index < -0.39 is 47.4 Å². The molecule has 37 heavy (non-hydrogen) atoms. The first-order chi connectivity index (χ1) is 17.4. The molecule has 0 aromatic heterocycles. The molecular formula is C28H35NO8. The molecule has 0 fully saturated rings. The summed E-state index contributed by atoms with van der Waals surface area (Å²) in [6.07, 6.45) is -0.789. The normalized spacial score (nSPS) is 13.4. The molecule has 2 aromatic rings. The fourth-order valence-electron chi connectivity index (χ4n) is 3.45. The fraction of sp³-hybridized carbons (Fsp3) is 0.429. The highest BCUT2D eigenvalue weighted by molar-refractivity contribution is 5.89. The molecule has 0 aliphatic rings. The lowest BCUT2D eigenvalue weighted by Gasteiger charge is -2.29. The van der Waals surface area contributed by atoms with Gasteiger partial charge in [0, 0.05) is 12.8 Å². The van der Waals surface area contributed by atoms with Crippen LogP contribution in [0.5, 0.6) is 11.5 Å². The van der Waals surface area contributed by atoms with Crippen molar-refractivity contribution in [3.63, 3.8) is 0 Å². The molecule has 0 aliphatic heterocycles. The molecule has 0 amide bonds. The molecule has 1 unspecified atom stereocenters. The predicted octanol–water partition coefficient (Wildman–Crippen LogP) is 3.86. The number of hydrogen-bond acceptors (Lipinski definition) is 9. The molecule has 0 aliphatic carbocycles. The zero-order chi connectivity index (χ0) is 27.8. The van der Waals surface area contributed by atoms with E-state index in [0.717, 1.165) is 0 Å². The van der Waals surface area contributed by atoms with Gasteiger partial charge in [-0.25, -0.2) is 4.79 Å². The Hall–Kier alpha value is -3.72. The molecular weight excluding hydrogens is 478 g/mol. The molecule has 9 nitrogen and oxygen atoms in total. The predicted molar refractivity (Wildman–Crippen MR) is 136 cm³/mol. The van der Waals surface area contributed by atoms with Gasteiger partial charge in [0.05, 0.1) is 24.5 Å². The van der Waals surface area contributed by atoms with Crippen molar-refractivity contribution >= 4 is 23.9 Å². The van der Waals surface area contributed by atoms with E-state index in [-0.39, 0.29) is 24.3 Å². The van der Waals surface area contributed by atoms with E-state index in [1.165, 1.54) is 19.2 Å². The Labute approximate surface area is 217 Å². The first kappa shape index (κ1) is 29.5. The van der Waals surface area contributed by atoms with Gasteiger partial charge in [-0.05, 0) is 36.8 Å². The Balaban J connectivity index is 2.31. The molecule has 2 atom stereocenters. The number of esters is 4. The van der Waals surface area contributed by atoms with Crippen LogP contribution in [0.3, 0.4) is 0 Å². The number of rotatable bonds is 11. The van der Waals surface area contributed by atoms with Crippen LogP contribution in [0.15, 0.2) is 48.5 Å². The quantitative estimate of drug-likeness (QED) is 0.351. The highest BCUT2D eigenvalue weighted by Gasteiger charge is 2.38. The summed E-state index contributed by atoms with van der Waals surface area (Å²) in [4.78, 5) is 49.6. The second-order valence-corrected chi connectivity index (χ2v) is 9.54. The third-order valence-electron chi connectivity index (χ3n) is 5.45. The highest BCUT2D eigenvalue weighted by Crippen LogP contribution is 2.32. The van der Waals surface area contributed by atoms with Crippen molar-refractivity contribution in [2.75, 3.05) is 7.11 Å². The van der Waals surface area contributed by atoms with Crippen molar-refractivity contribution in [2.24, 2.45) is 17.6 Å². The molecule has 200 valence electrons. The van der Waals surface area contributed by atoms with E-state index in [0.29, 0.717) is 11.1 Å². The zero-order valence-corrected chi connectivity index (χ0v) is 22.1. The average molecular weight is 514 g/mol. The van der Waals surface area contributed by atoms with Crippen LogP contribution in [-0.2, 0) is 30.3 Å². The Morgan fingerprint density at radius 3 is 1.95 bits per heavy atom. The molecule has 0 saturated heterocycles. The highest BCUT2D eigenvalue weighted by atomic mass is 16.6. The number of benzene rings is 2. The van der Waals surface area contributed by atoms with Crippen molar-refractivity contribution in [2.45, 2.75) is 59.1 Å². The summed E-state index contributed by atoms with van der Waals surface area (Å²) < 4.78 is 21.3.